The van der Waals surface area contributed by atoms with Crippen molar-refractivity contribution < 1.29 is 4.79 Å². The van der Waals surface area contributed by atoms with E-state index in [4.69, 9.17) is 0 Å². The smallest absolute Gasteiger partial charge is 0.258 e. The third-order valence-electron chi connectivity index (χ3n) is 4.93. The highest BCUT2D eigenvalue weighted by molar-refractivity contribution is 6.02. The molecule has 3 N–H and O–H groups in total. The van der Waals surface area contributed by atoms with Crippen LogP contribution in [0.2, 0.25) is 0 Å². The fraction of sp³-hybridized carbons (Fsp3) is 0.286. The van der Waals surface area contributed by atoms with Crippen molar-refractivity contribution in [2.75, 3.05) is 5.32 Å². The Morgan fingerprint density at radius 1 is 1.04 bits per heavy atom. The summed E-state index contributed by atoms with van der Waals surface area (Å²) >= 11 is 0. The lowest BCUT2D eigenvalue weighted by molar-refractivity contribution is 0.0896. The van der Waals surface area contributed by atoms with Crippen LogP contribution in [0.25, 0.3) is 10.9 Å². The molecule has 2 heterocycles. The van der Waals surface area contributed by atoms with E-state index in [0.29, 0.717) is 35.1 Å². The zero-order chi connectivity index (χ0) is 19.0. The summed E-state index contributed by atoms with van der Waals surface area (Å²) in [6.07, 6.45) is 1.32. The van der Waals surface area contributed by atoms with Crippen LogP contribution >= 0.6 is 0 Å². The van der Waals surface area contributed by atoms with Crippen molar-refractivity contribution in [3.63, 3.8) is 0 Å². The molecular weight excluding hydrogens is 340 g/mol. The highest BCUT2D eigenvalue weighted by Crippen LogP contribution is 2.28. The number of amides is 1. The normalized spacial score (nSPS) is 19.9. The Hall–Kier alpha value is -3.15. The quantitative estimate of drug-likeness (QED) is 0.666. The largest absolute Gasteiger partial charge is 0.362 e. The minimum atomic E-state index is -0.554. The molecule has 1 aliphatic heterocycles. The zero-order valence-corrected chi connectivity index (χ0v) is 15.4. The SMILES string of the molecule is CC(Cc1nc2ccccc2c(=O)[nH]1)CC1(C)NC(=O)c2ccccc2N1. The van der Waals surface area contributed by atoms with Crippen LogP contribution in [0.15, 0.2) is 53.3 Å². The molecule has 3 aromatic rings. The number of hydrogen-bond acceptors (Lipinski definition) is 4. The predicted molar refractivity (Wildman–Crippen MR) is 106 cm³/mol. The van der Waals surface area contributed by atoms with Gasteiger partial charge in [-0.25, -0.2) is 4.98 Å². The summed E-state index contributed by atoms with van der Waals surface area (Å²) in [5, 5.41) is 7.10. The molecule has 2 aromatic carbocycles. The first-order valence-corrected chi connectivity index (χ1v) is 9.11. The highest BCUT2D eigenvalue weighted by atomic mass is 16.2. The molecule has 2 atom stereocenters. The lowest BCUT2D eigenvalue weighted by atomic mass is 9.91. The maximum absolute atomic E-state index is 12.4. The van der Waals surface area contributed by atoms with E-state index in [-0.39, 0.29) is 17.4 Å². The van der Waals surface area contributed by atoms with Gasteiger partial charge in [-0.1, -0.05) is 31.2 Å². The molecule has 27 heavy (non-hydrogen) atoms. The molecule has 6 heteroatoms. The van der Waals surface area contributed by atoms with E-state index in [9.17, 15) is 9.59 Å². The molecule has 0 aliphatic carbocycles. The molecule has 0 bridgehead atoms. The summed E-state index contributed by atoms with van der Waals surface area (Å²) in [5.74, 6) is 0.783. The summed E-state index contributed by atoms with van der Waals surface area (Å²) in [4.78, 5) is 32.1. The number of H-pyrrole nitrogens is 1. The summed E-state index contributed by atoms with van der Waals surface area (Å²) in [5.41, 5.74) is 1.53. The number of nitrogens with zero attached hydrogens (tertiary/aromatic N) is 1. The second-order valence-electron chi connectivity index (χ2n) is 7.50. The topological polar surface area (TPSA) is 86.9 Å². The van der Waals surface area contributed by atoms with E-state index >= 15 is 0 Å². The van der Waals surface area contributed by atoms with Crippen molar-refractivity contribution in [2.24, 2.45) is 5.92 Å². The van der Waals surface area contributed by atoms with Gasteiger partial charge in [0, 0.05) is 12.1 Å². The molecule has 6 nitrogen and oxygen atoms in total. The van der Waals surface area contributed by atoms with Crippen molar-refractivity contribution in [2.45, 2.75) is 32.4 Å². The summed E-state index contributed by atoms with van der Waals surface area (Å²) in [6.45, 7) is 4.07. The van der Waals surface area contributed by atoms with Gasteiger partial charge in [0.05, 0.1) is 16.5 Å². The van der Waals surface area contributed by atoms with Crippen LogP contribution in [-0.4, -0.2) is 21.5 Å². The zero-order valence-electron chi connectivity index (χ0n) is 15.4. The lowest BCUT2D eigenvalue weighted by Crippen LogP contribution is -2.56. The Morgan fingerprint density at radius 3 is 2.63 bits per heavy atom. The first-order valence-electron chi connectivity index (χ1n) is 9.11. The molecular formula is C21H22N4O2. The second-order valence-corrected chi connectivity index (χ2v) is 7.50. The number of anilines is 1. The van der Waals surface area contributed by atoms with E-state index in [1.54, 1.807) is 6.07 Å². The van der Waals surface area contributed by atoms with Gasteiger partial charge in [0.15, 0.2) is 0 Å². The Bertz CT molecular complexity index is 1070. The van der Waals surface area contributed by atoms with E-state index in [1.807, 2.05) is 49.4 Å². The molecule has 0 fully saturated rings. The molecule has 0 spiro atoms. The van der Waals surface area contributed by atoms with E-state index in [1.165, 1.54) is 0 Å². The maximum atomic E-state index is 12.4. The highest BCUT2D eigenvalue weighted by Gasteiger charge is 2.34. The molecule has 1 amide bonds. The molecule has 1 aliphatic rings. The van der Waals surface area contributed by atoms with Crippen LogP contribution in [0.4, 0.5) is 5.69 Å². The number of rotatable bonds is 4. The number of aromatic amines is 1. The Balaban J connectivity index is 1.52. The summed E-state index contributed by atoms with van der Waals surface area (Å²) < 4.78 is 0. The minimum absolute atomic E-state index is 0.0729. The second kappa shape index (κ2) is 6.54. The summed E-state index contributed by atoms with van der Waals surface area (Å²) in [7, 11) is 0. The molecule has 4 rings (SSSR count). The number of nitrogens with one attached hydrogen (secondary N) is 3. The maximum Gasteiger partial charge on any atom is 0.258 e. The number of hydrogen-bond donors (Lipinski definition) is 3. The fourth-order valence-electron chi connectivity index (χ4n) is 3.87. The van der Waals surface area contributed by atoms with Gasteiger partial charge in [-0.3, -0.25) is 9.59 Å². The molecule has 0 saturated heterocycles. The van der Waals surface area contributed by atoms with Crippen LogP contribution in [-0.2, 0) is 6.42 Å². The Morgan fingerprint density at radius 2 is 1.78 bits per heavy atom. The molecule has 1 aromatic heterocycles. The molecule has 2 unspecified atom stereocenters. The minimum Gasteiger partial charge on any atom is -0.362 e. The van der Waals surface area contributed by atoms with Gasteiger partial charge < -0.3 is 15.6 Å². The van der Waals surface area contributed by atoms with Crippen molar-refractivity contribution in [1.29, 1.82) is 0 Å². The number of fused-ring (bicyclic) bond motifs is 2. The van der Waals surface area contributed by atoms with Crippen molar-refractivity contribution >= 4 is 22.5 Å². The number of carbonyl (C=O) groups is 1. The van der Waals surface area contributed by atoms with Gasteiger partial charge in [-0.05, 0) is 43.5 Å². The average molecular weight is 362 g/mol. The number of para-hydroxylation sites is 2. The van der Waals surface area contributed by atoms with Gasteiger partial charge in [0.25, 0.3) is 11.5 Å². The van der Waals surface area contributed by atoms with Gasteiger partial charge in [-0.2, -0.15) is 0 Å². The van der Waals surface area contributed by atoms with Gasteiger partial charge in [0.2, 0.25) is 0 Å². The third kappa shape index (κ3) is 3.43. The monoisotopic (exact) mass is 362 g/mol. The van der Waals surface area contributed by atoms with Crippen molar-refractivity contribution in [3.8, 4) is 0 Å². The number of aromatic nitrogens is 2. The standard InChI is InChI=1S/C21H22N4O2/c1-13(11-18-22-16-9-5-3-7-14(16)19(26)23-18)12-21(2)24-17-10-6-4-8-15(17)20(27)25-21/h3-10,13,24H,11-12H2,1-2H3,(H,25,27)(H,22,23,26). The molecule has 138 valence electrons. The average Bonchev–Trinajstić information content (AvgIpc) is 2.61. The van der Waals surface area contributed by atoms with Crippen LogP contribution in [0, 0.1) is 5.92 Å². The first kappa shape index (κ1) is 17.3. The molecule has 0 radical (unpaired) electrons. The summed E-state index contributed by atoms with van der Waals surface area (Å²) in [6, 6.07) is 14.8. The molecule has 0 saturated carbocycles. The van der Waals surface area contributed by atoms with Crippen LogP contribution in [0.1, 0.15) is 36.5 Å². The number of carbonyl (C=O) groups excluding carboxylic acids is 1. The van der Waals surface area contributed by atoms with E-state index in [2.05, 4.69) is 27.5 Å². The van der Waals surface area contributed by atoms with Crippen molar-refractivity contribution in [1.82, 2.24) is 15.3 Å². The van der Waals surface area contributed by atoms with E-state index in [0.717, 1.165) is 5.69 Å². The van der Waals surface area contributed by atoms with Crippen LogP contribution in [0.5, 0.6) is 0 Å². The fourth-order valence-corrected chi connectivity index (χ4v) is 3.87. The van der Waals surface area contributed by atoms with E-state index < -0.39 is 5.66 Å². The Kier molecular flexibility index (Phi) is 4.18. The van der Waals surface area contributed by atoms with Gasteiger partial charge in [-0.15, -0.1) is 0 Å². The predicted octanol–water partition coefficient (Wildman–Crippen LogP) is 3.06. The Labute approximate surface area is 157 Å². The van der Waals surface area contributed by atoms with Gasteiger partial charge in [0.1, 0.15) is 11.5 Å². The van der Waals surface area contributed by atoms with Crippen LogP contribution < -0.4 is 16.2 Å². The first-order chi connectivity index (χ1) is 12.9. The van der Waals surface area contributed by atoms with Crippen molar-refractivity contribution in [3.05, 3.63) is 70.3 Å². The lowest BCUT2D eigenvalue weighted by Gasteiger charge is -2.39. The van der Waals surface area contributed by atoms with Crippen LogP contribution in [0.3, 0.4) is 0 Å². The van der Waals surface area contributed by atoms with Gasteiger partial charge >= 0.3 is 0 Å². The number of benzene rings is 2. The third-order valence-corrected chi connectivity index (χ3v) is 4.93.